The SMILES string of the molecule is Cc1cc(Cl)c(C(=O)N2CCC3NC(=O)CCC3C2)cn1. The van der Waals surface area contributed by atoms with Crippen molar-refractivity contribution < 1.29 is 9.59 Å². The van der Waals surface area contributed by atoms with E-state index < -0.39 is 0 Å². The number of nitrogens with one attached hydrogen (secondary N) is 1. The summed E-state index contributed by atoms with van der Waals surface area (Å²) >= 11 is 6.16. The van der Waals surface area contributed by atoms with Crippen LogP contribution in [-0.2, 0) is 4.79 Å². The van der Waals surface area contributed by atoms with Crippen LogP contribution in [-0.4, -0.2) is 40.8 Å². The zero-order chi connectivity index (χ0) is 15.0. The summed E-state index contributed by atoms with van der Waals surface area (Å²) in [6.45, 7) is 3.16. The zero-order valence-electron chi connectivity index (χ0n) is 11.9. The van der Waals surface area contributed by atoms with Crippen LogP contribution in [0, 0.1) is 12.8 Å². The molecule has 2 atom stereocenters. The van der Waals surface area contributed by atoms with Gasteiger partial charge in [-0.2, -0.15) is 0 Å². The molecular formula is C15H18ClN3O2. The molecule has 2 saturated heterocycles. The molecule has 0 saturated carbocycles. The number of carbonyl (C=O) groups is 2. The number of pyridine rings is 1. The average molecular weight is 308 g/mol. The number of carbonyl (C=O) groups excluding carboxylic acids is 2. The number of amides is 2. The first-order valence-electron chi connectivity index (χ1n) is 7.25. The van der Waals surface area contributed by atoms with E-state index in [0.29, 0.717) is 36.0 Å². The molecule has 0 aromatic carbocycles. The van der Waals surface area contributed by atoms with Crippen LogP contribution < -0.4 is 5.32 Å². The van der Waals surface area contributed by atoms with Crippen LogP contribution in [0.5, 0.6) is 0 Å². The highest BCUT2D eigenvalue weighted by Crippen LogP contribution is 2.27. The molecule has 5 nitrogen and oxygen atoms in total. The first-order valence-corrected chi connectivity index (χ1v) is 7.63. The van der Waals surface area contributed by atoms with Gasteiger partial charge >= 0.3 is 0 Å². The lowest BCUT2D eigenvalue weighted by molar-refractivity contribution is -0.125. The molecule has 1 aromatic heterocycles. The number of halogens is 1. The molecule has 0 spiro atoms. The standard InChI is InChI=1S/C15H18ClN3O2/c1-9-6-12(16)11(7-17-9)15(21)19-5-4-13-10(8-19)2-3-14(20)18-13/h6-7,10,13H,2-5,8H2,1H3,(H,18,20). The molecule has 1 N–H and O–H groups in total. The Kier molecular flexibility index (Phi) is 3.85. The molecule has 0 radical (unpaired) electrons. The van der Waals surface area contributed by atoms with Gasteiger partial charge in [-0.15, -0.1) is 0 Å². The van der Waals surface area contributed by atoms with E-state index in [9.17, 15) is 9.59 Å². The fourth-order valence-electron chi connectivity index (χ4n) is 3.15. The number of nitrogens with zero attached hydrogens (tertiary/aromatic N) is 2. The van der Waals surface area contributed by atoms with Crippen molar-refractivity contribution in [3.8, 4) is 0 Å². The van der Waals surface area contributed by atoms with E-state index in [4.69, 9.17) is 11.6 Å². The quantitative estimate of drug-likeness (QED) is 0.860. The summed E-state index contributed by atoms with van der Waals surface area (Å²) in [6.07, 6.45) is 3.75. The molecular weight excluding hydrogens is 290 g/mol. The van der Waals surface area contributed by atoms with Gasteiger partial charge in [0.25, 0.3) is 5.91 Å². The summed E-state index contributed by atoms with van der Waals surface area (Å²) in [7, 11) is 0. The van der Waals surface area contributed by atoms with E-state index >= 15 is 0 Å². The third-order valence-corrected chi connectivity index (χ3v) is 4.64. The van der Waals surface area contributed by atoms with Crippen molar-refractivity contribution in [2.75, 3.05) is 13.1 Å². The van der Waals surface area contributed by atoms with Crippen molar-refractivity contribution >= 4 is 23.4 Å². The third-order valence-electron chi connectivity index (χ3n) is 4.33. The molecule has 2 aliphatic rings. The average Bonchev–Trinajstić information content (AvgIpc) is 2.46. The number of fused-ring (bicyclic) bond motifs is 1. The molecule has 0 bridgehead atoms. The molecule has 3 rings (SSSR count). The maximum atomic E-state index is 12.6. The van der Waals surface area contributed by atoms with Crippen LogP contribution >= 0.6 is 11.6 Å². The maximum absolute atomic E-state index is 12.6. The Morgan fingerprint density at radius 2 is 2.29 bits per heavy atom. The van der Waals surface area contributed by atoms with Crippen molar-refractivity contribution in [1.29, 1.82) is 0 Å². The van der Waals surface area contributed by atoms with Crippen LogP contribution in [0.25, 0.3) is 0 Å². The maximum Gasteiger partial charge on any atom is 0.256 e. The van der Waals surface area contributed by atoms with Crippen LogP contribution in [0.1, 0.15) is 35.3 Å². The number of hydrogen-bond acceptors (Lipinski definition) is 3. The molecule has 2 aliphatic heterocycles. The molecule has 6 heteroatoms. The Balaban J connectivity index is 1.73. The monoisotopic (exact) mass is 307 g/mol. The summed E-state index contributed by atoms with van der Waals surface area (Å²) < 4.78 is 0. The number of rotatable bonds is 1. The number of piperidine rings is 2. The molecule has 3 heterocycles. The molecule has 0 aliphatic carbocycles. The van der Waals surface area contributed by atoms with E-state index in [1.54, 1.807) is 12.3 Å². The van der Waals surface area contributed by atoms with Gasteiger partial charge in [-0.05, 0) is 31.7 Å². The van der Waals surface area contributed by atoms with Gasteiger partial charge in [-0.25, -0.2) is 0 Å². The van der Waals surface area contributed by atoms with Gasteiger partial charge in [0.1, 0.15) is 0 Å². The summed E-state index contributed by atoms with van der Waals surface area (Å²) in [4.78, 5) is 30.0. The largest absolute Gasteiger partial charge is 0.353 e. The summed E-state index contributed by atoms with van der Waals surface area (Å²) in [5.74, 6) is 0.405. The minimum Gasteiger partial charge on any atom is -0.353 e. The van der Waals surface area contributed by atoms with Gasteiger partial charge < -0.3 is 10.2 Å². The Labute approximate surface area is 128 Å². The van der Waals surface area contributed by atoms with E-state index in [-0.39, 0.29) is 17.9 Å². The smallest absolute Gasteiger partial charge is 0.256 e. The molecule has 21 heavy (non-hydrogen) atoms. The molecule has 2 unspecified atom stereocenters. The van der Waals surface area contributed by atoms with Crippen LogP contribution in [0.3, 0.4) is 0 Å². The van der Waals surface area contributed by atoms with E-state index in [1.807, 2.05) is 11.8 Å². The fraction of sp³-hybridized carbons (Fsp3) is 0.533. The topological polar surface area (TPSA) is 62.3 Å². The number of likely N-dealkylation sites (tertiary alicyclic amines) is 1. The lowest BCUT2D eigenvalue weighted by Gasteiger charge is -2.41. The summed E-state index contributed by atoms with van der Waals surface area (Å²) in [6, 6.07) is 1.92. The predicted octanol–water partition coefficient (Wildman–Crippen LogP) is 1.78. The Hall–Kier alpha value is -1.62. The van der Waals surface area contributed by atoms with Gasteiger partial charge in [-0.3, -0.25) is 14.6 Å². The van der Waals surface area contributed by atoms with Gasteiger partial charge in [-0.1, -0.05) is 11.6 Å². The minimum atomic E-state index is -0.0668. The van der Waals surface area contributed by atoms with Gasteiger partial charge in [0.15, 0.2) is 0 Å². The zero-order valence-corrected chi connectivity index (χ0v) is 12.7. The highest BCUT2D eigenvalue weighted by Gasteiger charge is 2.35. The normalized spacial score (nSPS) is 25.2. The van der Waals surface area contributed by atoms with Gasteiger partial charge in [0, 0.05) is 37.4 Å². The summed E-state index contributed by atoms with van der Waals surface area (Å²) in [5.41, 5.74) is 1.26. The Morgan fingerprint density at radius 3 is 3.05 bits per heavy atom. The molecule has 2 fully saturated rings. The van der Waals surface area contributed by atoms with Crippen molar-refractivity contribution in [3.05, 3.63) is 28.5 Å². The Morgan fingerprint density at radius 1 is 1.48 bits per heavy atom. The van der Waals surface area contributed by atoms with Gasteiger partial charge in [0.2, 0.25) is 5.91 Å². The first-order chi connectivity index (χ1) is 10.0. The van der Waals surface area contributed by atoms with E-state index in [1.165, 1.54) is 0 Å². The van der Waals surface area contributed by atoms with E-state index in [2.05, 4.69) is 10.3 Å². The summed E-state index contributed by atoms with van der Waals surface area (Å²) in [5, 5.41) is 3.47. The predicted molar refractivity (Wildman–Crippen MR) is 79.2 cm³/mol. The second-order valence-electron chi connectivity index (χ2n) is 5.82. The second kappa shape index (κ2) is 5.64. The first kappa shape index (κ1) is 14.3. The highest BCUT2D eigenvalue weighted by atomic mass is 35.5. The molecule has 1 aromatic rings. The van der Waals surface area contributed by atoms with Gasteiger partial charge in [0.05, 0.1) is 10.6 Å². The fourth-order valence-corrected chi connectivity index (χ4v) is 3.44. The highest BCUT2D eigenvalue weighted by molar-refractivity contribution is 6.33. The number of aromatic nitrogens is 1. The van der Waals surface area contributed by atoms with Crippen LogP contribution in [0.15, 0.2) is 12.3 Å². The second-order valence-corrected chi connectivity index (χ2v) is 6.23. The van der Waals surface area contributed by atoms with E-state index in [0.717, 1.165) is 18.5 Å². The third kappa shape index (κ3) is 2.88. The minimum absolute atomic E-state index is 0.0668. The molecule has 2 amide bonds. The lowest BCUT2D eigenvalue weighted by Crippen LogP contribution is -2.55. The van der Waals surface area contributed by atoms with Crippen molar-refractivity contribution in [2.24, 2.45) is 5.92 Å². The van der Waals surface area contributed by atoms with Crippen LogP contribution in [0.2, 0.25) is 5.02 Å². The van der Waals surface area contributed by atoms with Crippen molar-refractivity contribution in [3.63, 3.8) is 0 Å². The molecule has 112 valence electrons. The Bertz CT molecular complexity index is 590. The number of hydrogen-bond donors (Lipinski definition) is 1. The van der Waals surface area contributed by atoms with Crippen molar-refractivity contribution in [2.45, 2.75) is 32.2 Å². The van der Waals surface area contributed by atoms with Crippen LogP contribution in [0.4, 0.5) is 0 Å². The lowest BCUT2D eigenvalue weighted by atomic mass is 9.85. The van der Waals surface area contributed by atoms with Crippen molar-refractivity contribution in [1.82, 2.24) is 15.2 Å². The number of aryl methyl sites for hydroxylation is 1.